The van der Waals surface area contributed by atoms with E-state index in [0.29, 0.717) is 12.0 Å². The van der Waals surface area contributed by atoms with E-state index in [-0.39, 0.29) is 29.1 Å². The minimum absolute atomic E-state index is 0.0518. The molecule has 0 unspecified atom stereocenters. The third kappa shape index (κ3) is 3.03. The molecule has 4 heteroatoms. The molecule has 0 saturated heterocycles. The summed E-state index contributed by atoms with van der Waals surface area (Å²) < 4.78 is 0. The monoisotopic (exact) mass is 270 g/mol. The van der Waals surface area contributed by atoms with Crippen molar-refractivity contribution in [2.75, 3.05) is 0 Å². The van der Waals surface area contributed by atoms with Gasteiger partial charge in [-0.15, -0.1) is 0 Å². The van der Waals surface area contributed by atoms with E-state index in [4.69, 9.17) is 5.11 Å². The largest absolute Gasteiger partial charge is 0.507 e. The highest BCUT2D eigenvalue weighted by Crippen LogP contribution is 2.19. The van der Waals surface area contributed by atoms with Crippen molar-refractivity contribution >= 4 is 11.8 Å². The third-order valence-corrected chi connectivity index (χ3v) is 3.07. The second-order valence-corrected chi connectivity index (χ2v) is 4.40. The van der Waals surface area contributed by atoms with Gasteiger partial charge in [0.05, 0.1) is 11.1 Å². The number of rotatable bonds is 5. The highest BCUT2D eigenvalue weighted by Gasteiger charge is 2.13. The van der Waals surface area contributed by atoms with Gasteiger partial charge < -0.3 is 10.2 Å². The molecule has 2 aromatic carbocycles. The summed E-state index contributed by atoms with van der Waals surface area (Å²) in [5.41, 5.74) is 1.08. The number of hydrogen-bond donors (Lipinski definition) is 2. The van der Waals surface area contributed by atoms with Crippen molar-refractivity contribution in [3.63, 3.8) is 0 Å². The molecule has 0 aromatic heterocycles. The van der Waals surface area contributed by atoms with Crippen molar-refractivity contribution in [2.45, 2.75) is 12.8 Å². The number of benzene rings is 2. The van der Waals surface area contributed by atoms with Crippen LogP contribution in [-0.2, 0) is 6.42 Å². The lowest BCUT2D eigenvalue weighted by molar-refractivity contribution is 0.0694. The fourth-order valence-corrected chi connectivity index (χ4v) is 2.04. The van der Waals surface area contributed by atoms with Gasteiger partial charge in [0, 0.05) is 6.42 Å². The van der Waals surface area contributed by atoms with Crippen LogP contribution in [0.3, 0.4) is 0 Å². The van der Waals surface area contributed by atoms with Crippen LogP contribution in [0.2, 0.25) is 0 Å². The fraction of sp³-hybridized carbons (Fsp3) is 0.125. The summed E-state index contributed by atoms with van der Waals surface area (Å²) in [5, 5.41) is 18.7. The molecule has 102 valence electrons. The first-order valence-electron chi connectivity index (χ1n) is 6.22. The summed E-state index contributed by atoms with van der Waals surface area (Å²) in [6.07, 6.45) is 0.484. The summed E-state index contributed by atoms with van der Waals surface area (Å²) >= 11 is 0. The number of carbonyl (C=O) groups is 2. The summed E-state index contributed by atoms with van der Waals surface area (Å²) in [7, 11) is 0. The minimum Gasteiger partial charge on any atom is -0.507 e. The summed E-state index contributed by atoms with van der Waals surface area (Å²) in [4.78, 5) is 23.1. The molecule has 2 N–H and O–H groups in total. The maximum atomic E-state index is 12.0. The minimum atomic E-state index is -1.00. The Morgan fingerprint density at radius 3 is 2.15 bits per heavy atom. The van der Waals surface area contributed by atoms with E-state index in [0.717, 1.165) is 0 Å². The number of para-hydroxylation sites is 1. The second-order valence-electron chi connectivity index (χ2n) is 4.40. The number of phenolic OH excluding ortho intramolecular Hbond substituents is 1. The van der Waals surface area contributed by atoms with Crippen molar-refractivity contribution < 1.29 is 19.8 Å². The number of Topliss-reactive ketones (excluding diaryl/α,β-unsaturated/α-hetero) is 1. The Morgan fingerprint density at radius 1 is 0.900 bits per heavy atom. The Bertz CT molecular complexity index is 646. The number of phenols is 1. The van der Waals surface area contributed by atoms with Gasteiger partial charge in [-0.05, 0) is 30.2 Å². The summed E-state index contributed by atoms with van der Waals surface area (Å²) in [5.74, 6) is -1.26. The molecule has 0 fully saturated rings. The predicted octanol–water partition coefficient (Wildman–Crippen LogP) is 2.91. The smallest absolute Gasteiger partial charge is 0.335 e. The van der Waals surface area contributed by atoms with Crippen LogP contribution in [0.15, 0.2) is 48.5 Å². The van der Waals surface area contributed by atoms with E-state index in [1.165, 1.54) is 12.1 Å². The molecule has 0 aliphatic rings. The molecule has 0 saturated carbocycles. The molecule has 0 radical (unpaired) electrons. The van der Waals surface area contributed by atoms with Crippen molar-refractivity contribution in [1.29, 1.82) is 0 Å². The predicted molar refractivity (Wildman–Crippen MR) is 74.2 cm³/mol. The van der Waals surface area contributed by atoms with Gasteiger partial charge in [0.25, 0.3) is 0 Å². The van der Waals surface area contributed by atoms with Gasteiger partial charge in [-0.25, -0.2) is 4.79 Å². The van der Waals surface area contributed by atoms with Crippen LogP contribution in [0.4, 0.5) is 0 Å². The van der Waals surface area contributed by atoms with Crippen molar-refractivity contribution in [2.24, 2.45) is 0 Å². The van der Waals surface area contributed by atoms with Crippen LogP contribution in [0, 0.1) is 0 Å². The first kappa shape index (κ1) is 13.8. The number of aromatic hydroxyl groups is 1. The molecule has 0 atom stereocenters. The van der Waals surface area contributed by atoms with Gasteiger partial charge >= 0.3 is 5.97 Å². The third-order valence-electron chi connectivity index (χ3n) is 3.07. The molecule has 0 aliphatic carbocycles. The van der Waals surface area contributed by atoms with Gasteiger partial charge in [-0.3, -0.25) is 4.79 Å². The number of aromatic carboxylic acids is 1. The van der Waals surface area contributed by atoms with Crippen LogP contribution in [0.5, 0.6) is 5.75 Å². The zero-order chi connectivity index (χ0) is 14.5. The standard InChI is InChI=1S/C16H14O4/c17-14-8-4-3-7-13(14)15(18)10-9-11-5-1-2-6-12(11)16(19)20/h1-8,17H,9-10H2,(H,19,20). The van der Waals surface area contributed by atoms with Gasteiger partial charge in [-0.1, -0.05) is 30.3 Å². The van der Waals surface area contributed by atoms with E-state index in [9.17, 15) is 14.7 Å². The van der Waals surface area contributed by atoms with Gasteiger partial charge in [0.2, 0.25) is 0 Å². The number of ketones is 1. The lowest BCUT2D eigenvalue weighted by Crippen LogP contribution is -2.06. The molecule has 0 spiro atoms. The zero-order valence-electron chi connectivity index (χ0n) is 10.7. The lowest BCUT2D eigenvalue weighted by Gasteiger charge is -2.06. The molecule has 0 amide bonds. The molecule has 0 bridgehead atoms. The number of carbonyl (C=O) groups excluding carboxylic acids is 1. The lowest BCUT2D eigenvalue weighted by atomic mass is 9.99. The average Bonchev–Trinajstić information content (AvgIpc) is 2.45. The molecule has 2 aromatic rings. The van der Waals surface area contributed by atoms with E-state index in [2.05, 4.69) is 0 Å². The Labute approximate surface area is 116 Å². The number of carboxylic acids is 1. The molecule has 20 heavy (non-hydrogen) atoms. The number of carboxylic acid groups (broad SMARTS) is 1. The Hall–Kier alpha value is -2.62. The molecule has 2 rings (SSSR count). The summed E-state index contributed by atoms with van der Waals surface area (Å²) in [6.45, 7) is 0. The first-order valence-corrected chi connectivity index (χ1v) is 6.22. The highest BCUT2D eigenvalue weighted by molar-refractivity contribution is 5.98. The van der Waals surface area contributed by atoms with Crippen molar-refractivity contribution in [1.82, 2.24) is 0 Å². The van der Waals surface area contributed by atoms with Crippen LogP contribution in [0.1, 0.15) is 32.7 Å². The second kappa shape index (κ2) is 6.02. The first-order chi connectivity index (χ1) is 9.59. The Morgan fingerprint density at radius 2 is 1.50 bits per heavy atom. The van der Waals surface area contributed by atoms with E-state index in [1.807, 2.05) is 0 Å². The molecule has 0 heterocycles. The molecular formula is C16H14O4. The van der Waals surface area contributed by atoms with Crippen LogP contribution in [-0.4, -0.2) is 22.0 Å². The van der Waals surface area contributed by atoms with Crippen molar-refractivity contribution in [3.8, 4) is 5.75 Å². The van der Waals surface area contributed by atoms with E-state index < -0.39 is 5.97 Å². The van der Waals surface area contributed by atoms with Crippen molar-refractivity contribution in [3.05, 3.63) is 65.2 Å². The number of hydrogen-bond acceptors (Lipinski definition) is 3. The zero-order valence-corrected chi connectivity index (χ0v) is 10.7. The maximum Gasteiger partial charge on any atom is 0.335 e. The molecule has 4 nitrogen and oxygen atoms in total. The number of aryl methyl sites for hydroxylation is 1. The average molecular weight is 270 g/mol. The van der Waals surface area contributed by atoms with Gasteiger partial charge in [0.15, 0.2) is 5.78 Å². The normalized spacial score (nSPS) is 10.2. The van der Waals surface area contributed by atoms with Crippen LogP contribution >= 0.6 is 0 Å². The Balaban J connectivity index is 2.12. The van der Waals surface area contributed by atoms with E-state index >= 15 is 0 Å². The van der Waals surface area contributed by atoms with Gasteiger partial charge in [-0.2, -0.15) is 0 Å². The molecular weight excluding hydrogens is 256 g/mol. The quantitative estimate of drug-likeness (QED) is 0.819. The topological polar surface area (TPSA) is 74.6 Å². The van der Waals surface area contributed by atoms with Crippen LogP contribution in [0.25, 0.3) is 0 Å². The summed E-state index contributed by atoms with van der Waals surface area (Å²) in [6, 6.07) is 12.9. The van der Waals surface area contributed by atoms with E-state index in [1.54, 1.807) is 36.4 Å². The SMILES string of the molecule is O=C(CCc1ccccc1C(=O)O)c1ccccc1O. The van der Waals surface area contributed by atoms with Gasteiger partial charge in [0.1, 0.15) is 5.75 Å². The Kier molecular flexibility index (Phi) is 4.15. The maximum absolute atomic E-state index is 12.0. The molecule has 0 aliphatic heterocycles. The highest BCUT2D eigenvalue weighted by atomic mass is 16.4. The van der Waals surface area contributed by atoms with Crippen LogP contribution < -0.4 is 0 Å². The fourth-order valence-electron chi connectivity index (χ4n) is 2.04.